The highest BCUT2D eigenvalue weighted by molar-refractivity contribution is 7.89. The molecular weight excluding hydrogens is 390 g/mol. The van der Waals surface area contributed by atoms with Gasteiger partial charge in [0.1, 0.15) is 0 Å². The summed E-state index contributed by atoms with van der Waals surface area (Å²) < 4.78 is 30.8. The predicted molar refractivity (Wildman–Crippen MR) is 112 cm³/mol. The molecule has 0 heterocycles. The van der Waals surface area contributed by atoms with Crippen LogP contribution in [0.5, 0.6) is 0 Å². The maximum atomic E-state index is 12.6. The zero-order valence-corrected chi connectivity index (χ0v) is 18.4. The molecule has 0 aliphatic carbocycles. The van der Waals surface area contributed by atoms with Crippen molar-refractivity contribution in [3.8, 4) is 0 Å². The Labute approximate surface area is 172 Å². The Hall–Kier alpha value is -2.51. The number of rotatable bonds is 6. The number of esters is 1. The van der Waals surface area contributed by atoms with Crippen molar-refractivity contribution < 1.29 is 22.7 Å². The first-order valence-electron chi connectivity index (χ1n) is 9.22. The zero-order valence-electron chi connectivity index (χ0n) is 17.6. The molecule has 2 rings (SSSR count). The minimum Gasteiger partial charge on any atom is -0.451 e. The van der Waals surface area contributed by atoms with Crippen LogP contribution in [0.15, 0.2) is 53.4 Å². The molecule has 0 aromatic heterocycles. The number of Topliss-reactive ketones (excluding diaryl/α,β-unsaturated/α-hetero) is 1. The van der Waals surface area contributed by atoms with Gasteiger partial charge in [0.05, 0.1) is 10.5 Å². The third kappa shape index (κ3) is 5.31. The summed E-state index contributed by atoms with van der Waals surface area (Å²) in [5.74, 6) is -1.08. The van der Waals surface area contributed by atoms with Gasteiger partial charge in [-0.25, -0.2) is 17.5 Å². The second-order valence-electron chi connectivity index (χ2n) is 8.05. The molecule has 1 atom stereocenters. The molecule has 0 spiro atoms. The number of hydrogen-bond acceptors (Lipinski definition) is 5. The van der Waals surface area contributed by atoms with Crippen LogP contribution in [-0.4, -0.2) is 44.7 Å². The molecule has 7 heteroatoms. The van der Waals surface area contributed by atoms with Gasteiger partial charge >= 0.3 is 5.97 Å². The van der Waals surface area contributed by atoms with E-state index in [2.05, 4.69) is 20.8 Å². The van der Waals surface area contributed by atoms with Crippen LogP contribution in [0.3, 0.4) is 0 Å². The smallest absolute Gasteiger partial charge is 0.338 e. The van der Waals surface area contributed by atoms with E-state index < -0.39 is 22.1 Å². The van der Waals surface area contributed by atoms with Gasteiger partial charge in [-0.15, -0.1) is 0 Å². The molecule has 0 aliphatic rings. The van der Waals surface area contributed by atoms with Crippen LogP contribution in [-0.2, 0) is 20.2 Å². The van der Waals surface area contributed by atoms with E-state index in [0.717, 1.165) is 9.87 Å². The number of ketones is 1. The van der Waals surface area contributed by atoms with E-state index in [1.807, 2.05) is 12.1 Å². The Morgan fingerprint density at radius 3 is 2.07 bits per heavy atom. The zero-order chi connectivity index (χ0) is 22.0. The molecule has 0 bridgehead atoms. The molecule has 0 N–H and O–H groups in total. The first-order valence-corrected chi connectivity index (χ1v) is 10.7. The monoisotopic (exact) mass is 417 g/mol. The van der Waals surface area contributed by atoms with Crippen molar-refractivity contribution in [2.24, 2.45) is 0 Å². The Morgan fingerprint density at radius 2 is 1.55 bits per heavy atom. The topological polar surface area (TPSA) is 80.8 Å². The highest BCUT2D eigenvalue weighted by atomic mass is 32.2. The van der Waals surface area contributed by atoms with E-state index in [-0.39, 0.29) is 21.7 Å². The SMILES string of the molecule is CC(OC(=O)c1cccc(S(=O)(=O)N(C)C)c1)C(=O)c1ccc(C(C)(C)C)cc1. The Bertz CT molecular complexity index is 1000. The average Bonchev–Trinajstić information content (AvgIpc) is 2.66. The Kier molecular flexibility index (Phi) is 6.65. The van der Waals surface area contributed by atoms with E-state index in [4.69, 9.17) is 4.74 Å². The number of carbonyl (C=O) groups is 2. The number of nitrogens with zero attached hydrogens (tertiary/aromatic N) is 1. The van der Waals surface area contributed by atoms with Crippen molar-refractivity contribution in [2.75, 3.05) is 14.1 Å². The fraction of sp³-hybridized carbons (Fsp3) is 0.364. The van der Waals surface area contributed by atoms with Crippen LogP contribution in [0.2, 0.25) is 0 Å². The fourth-order valence-electron chi connectivity index (χ4n) is 2.65. The average molecular weight is 418 g/mol. The predicted octanol–water partition coefficient (Wildman–Crippen LogP) is 3.66. The minimum absolute atomic E-state index is 0.0197. The van der Waals surface area contributed by atoms with Gasteiger partial charge in [0.25, 0.3) is 0 Å². The van der Waals surface area contributed by atoms with Gasteiger partial charge in [0.2, 0.25) is 15.8 Å². The normalized spacial score (nSPS) is 13.2. The van der Waals surface area contributed by atoms with E-state index in [0.29, 0.717) is 5.56 Å². The molecule has 0 amide bonds. The fourth-order valence-corrected chi connectivity index (χ4v) is 3.59. The summed E-state index contributed by atoms with van der Waals surface area (Å²) in [7, 11) is -0.861. The van der Waals surface area contributed by atoms with Crippen molar-refractivity contribution in [1.29, 1.82) is 0 Å². The van der Waals surface area contributed by atoms with Crippen LogP contribution in [0.4, 0.5) is 0 Å². The minimum atomic E-state index is -3.68. The second-order valence-corrected chi connectivity index (χ2v) is 10.2. The quantitative estimate of drug-likeness (QED) is 0.529. The summed E-state index contributed by atoms with van der Waals surface area (Å²) in [6.07, 6.45) is -1.00. The van der Waals surface area contributed by atoms with Gasteiger partial charge in [-0.05, 0) is 36.1 Å². The van der Waals surface area contributed by atoms with Crippen LogP contribution in [0.1, 0.15) is 54.0 Å². The standard InChI is InChI=1S/C22H27NO5S/c1-15(20(24)16-10-12-18(13-11-16)22(2,3)4)28-21(25)17-8-7-9-19(14-17)29(26,27)23(5)6/h7-15H,1-6H3. The van der Waals surface area contributed by atoms with Gasteiger partial charge < -0.3 is 4.74 Å². The van der Waals surface area contributed by atoms with Crippen LogP contribution in [0, 0.1) is 0 Å². The van der Waals surface area contributed by atoms with Gasteiger partial charge in [0, 0.05) is 19.7 Å². The third-order valence-electron chi connectivity index (χ3n) is 4.54. The van der Waals surface area contributed by atoms with Gasteiger partial charge in [-0.2, -0.15) is 0 Å². The van der Waals surface area contributed by atoms with E-state index in [1.165, 1.54) is 45.3 Å². The lowest BCUT2D eigenvalue weighted by atomic mass is 9.86. The summed E-state index contributed by atoms with van der Waals surface area (Å²) >= 11 is 0. The number of hydrogen-bond donors (Lipinski definition) is 0. The highest BCUT2D eigenvalue weighted by Gasteiger charge is 2.23. The molecule has 1 unspecified atom stereocenters. The molecule has 156 valence electrons. The van der Waals surface area contributed by atoms with Crippen molar-refractivity contribution in [2.45, 2.75) is 44.1 Å². The van der Waals surface area contributed by atoms with Crippen molar-refractivity contribution >= 4 is 21.8 Å². The number of carbonyl (C=O) groups excluding carboxylic acids is 2. The van der Waals surface area contributed by atoms with Crippen molar-refractivity contribution in [3.63, 3.8) is 0 Å². The summed E-state index contributed by atoms with van der Waals surface area (Å²) in [5.41, 5.74) is 1.58. The second kappa shape index (κ2) is 8.47. The van der Waals surface area contributed by atoms with Crippen molar-refractivity contribution in [3.05, 3.63) is 65.2 Å². The molecule has 0 saturated heterocycles. The molecular formula is C22H27NO5S. The Morgan fingerprint density at radius 1 is 0.966 bits per heavy atom. The van der Waals surface area contributed by atoms with Gasteiger partial charge in [-0.3, -0.25) is 4.79 Å². The molecule has 2 aromatic carbocycles. The molecule has 2 aromatic rings. The lowest BCUT2D eigenvalue weighted by molar-refractivity contribution is 0.0318. The number of sulfonamides is 1. The molecule has 0 aliphatic heterocycles. The largest absolute Gasteiger partial charge is 0.451 e. The third-order valence-corrected chi connectivity index (χ3v) is 6.35. The molecule has 0 fully saturated rings. The van der Waals surface area contributed by atoms with E-state index in [9.17, 15) is 18.0 Å². The highest BCUT2D eigenvalue weighted by Crippen LogP contribution is 2.23. The van der Waals surface area contributed by atoms with Crippen molar-refractivity contribution in [1.82, 2.24) is 4.31 Å². The summed E-state index contributed by atoms with van der Waals surface area (Å²) in [5, 5.41) is 0. The molecule has 29 heavy (non-hydrogen) atoms. The van der Waals surface area contributed by atoms with E-state index >= 15 is 0 Å². The van der Waals surface area contributed by atoms with Gasteiger partial charge in [0.15, 0.2) is 6.10 Å². The first-order chi connectivity index (χ1) is 13.3. The molecule has 0 radical (unpaired) electrons. The summed E-state index contributed by atoms with van der Waals surface area (Å²) in [4.78, 5) is 25.0. The van der Waals surface area contributed by atoms with Crippen LogP contribution >= 0.6 is 0 Å². The molecule has 0 saturated carbocycles. The van der Waals surface area contributed by atoms with Crippen LogP contribution < -0.4 is 0 Å². The number of benzene rings is 2. The first kappa shape index (κ1) is 22.8. The lowest BCUT2D eigenvalue weighted by Crippen LogP contribution is -2.25. The lowest BCUT2D eigenvalue weighted by Gasteiger charge is -2.19. The summed E-state index contributed by atoms with van der Waals surface area (Å²) in [6, 6.07) is 12.8. The molecule has 6 nitrogen and oxygen atoms in total. The summed E-state index contributed by atoms with van der Waals surface area (Å²) in [6.45, 7) is 7.74. The maximum Gasteiger partial charge on any atom is 0.338 e. The Balaban J connectivity index is 2.16. The van der Waals surface area contributed by atoms with E-state index in [1.54, 1.807) is 12.1 Å². The van der Waals surface area contributed by atoms with Crippen LogP contribution in [0.25, 0.3) is 0 Å². The van der Waals surface area contributed by atoms with Gasteiger partial charge in [-0.1, -0.05) is 51.1 Å². The maximum absolute atomic E-state index is 12.6. The number of ether oxygens (including phenoxy) is 1.